The fraction of sp³-hybridized carbons (Fsp3) is 0.600. The van der Waals surface area contributed by atoms with E-state index in [9.17, 15) is 4.79 Å². The van der Waals surface area contributed by atoms with Crippen molar-refractivity contribution in [2.24, 2.45) is 5.73 Å². The summed E-state index contributed by atoms with van der Waals surface area (Å²) in [7, 11) is 0. The molecule has 1 aliphatic rings. The summed E-state index contributed by atoms with van der Waals surface area (Å²) in [5.74, 6) is -0.317. The van der Waals surface area contributed by atoms with Gasteiger partial charge in [0, 0.05) is 18.4 Å². The largest absolute Gasteiger partial charge is 0.368 e. The normalized spacial score (nSPS) is 19.8. The second-order valence-corrected chi connectivity index (χ2v) is 4.35. The number of amides is 1. The zero-order chi connectivity index (χ0) is 10.9. The third-order valence-electron chi connectivity index (χ3n) is 2.70. The van der Waals surface area contributed by atoms with Crippen molar-refractivity contribution in [3.8, 4) is 0 Å². The Balaban J connectivity index is 2.07. The fourth-order valence-corrected chi connectivity index (χ4v) is 1.62. The molecule has 0 aliphatic heterocycles. The van der Waals surface area contributed by atoms with Gasteiger partial charge in [0.05, 0.1) is 12.9 Å². The van der Waals surface area contributed by atoms with Gasteiger partial charge < -0.3 is 10.3 Å². The molecule has 1 unspecified atom stereocenters. The van der Waals surface area contributed by atoms with Crippen molar-refractivity contribution in [2.45, 2.75) is 37.9 Å². The number of hydrogen-bond acceptors (Lipinski definition) is 3. The van der Waals surface area contributed by atoms with Gasteiger partial charge in [0.1, 0.15) is 5.54 Å². The van der Waals surface area contributed by atoms with Crippen molar-refractivity contribution in [1.82, 2.24) is 14.9 Å². The van der Waals surface area contributed by atoms with Crippen LogP contribution in [-0.2, 0) is 11.3 Å². The molecule has 1 fully saturated rings. The minimum Gasteiger partial charge on any atom is -0.368 e. The zero-order valence-electron chi connectivity index (χ0n) is 8.81. The predicted molar refractivity (Wildman–Crippen MR) is 56.0 cm³/mol. The molecule has 82 valence electrons. The number of hydrogen-bond donors (Lipinski definition) is 2. The highest BCUT2D eigenvalue weighted by Gasteiger charge is 2.37. The number of carbonyl (C=O) groups excluding carboxylic acids is 1. The van der Waals surface area contributed by atoms with Crippen molar-refractivity contribution in [3.63, 3.8) is 0 Å². The van der Waals surface area contributed by atoms with Crippen LogP contribution in [0.1, 0.15) is 19.8 Å². The van der Waals surface area contributed by atoms with Crippen LogP contribution in [0.5, 0.6) is 0 Å². The number of aromatic nitrogens is 2. The van der Waals surface area contributed by atoms with Crippen molar-refractivity contribution in [1.29, 1.82) is 0 Å². The van der Waals surface area contributed by atoms with E-state index in [2.05, 4.69) is 10.3 Å². The summed E-state index contributed by atoms with van der Waals surface area (Å²) in [5.41, 5.74) is 4.75. The number of carbonyl (C=O) groups is 1. The highest BCUT2D eigenvalue weighted by atomic mass is 16.1. The van der Waals surface area contributed by atoms with Crippen molar-refractivity contribution >= 4 is 5.91 Å². The smallest absolute Gasteiger partial charge is 0.239 e. The summed E-state index contributed by atoms with van der Waals surface area (Å²) in [6.07, 6.45) is 7.48. The van der Waals surface area contributed by atoms with E-state index < -0.39 is 5.54 Å². The molecule has 0 bridgehead atoms. The molecule has 2 rings (SSSR count). The van der Waals surface area contributed by atoms with Crippen LogP contribution in [0, 0.1) is 0 Å². The van der Waals surface area contributed by atoms with Gasteiger partial charge in [-0.15, -0.1) is 0 Å². The van der Waals surface area contributed by atoms with E-state index in [1.165, 1.54) is 0 Å². The molecule has 0 saturated heterocycles. The molecule has 1 aromatic rings. The molecule has 1 saturated carbocycles. The van der Waals surface area contributed by atoms with Crippen LogP contribution < -0.4 is 11.1 Å². The van der Waals surface area contributed by atoms with E-state index >= 15 is 0 Å². The lowest BCUT2D eigenvalue weighted by atomic mass is 10.0. The molecule has 5 nitrogen and oxygen atoms in total. The van der Waals surface area contributed by atoms with Crippen LogP contribution in [-0.4, -0.2) is 27.0 Å². The van der Waals surface area contributed by atoms with Crippen LogP contribution >= 0.6 is 0 Å². The predicted octanol–water partition coefficient (Wildman–Crippen LogP) is -0.121. The molecular weight excluding hydrogens is 192 g/mol. The lowest BCUT2D eigenvalue weighted by Gasteiger charge is -2.27. The van der Waals surface area contributed by atoms with Gasteiger partial charge in [-0.05, 0) is 19.8 Å². The third kappa shape index (κ3) is 2.36. The standard InChI is InChI=1S/C10H16N4O/c1-10(9(11)15,13-8-2-3-8)6-14-5-4-12-7-14/h4-5,7-8,13H,2-3,6H2,1H3,(H2,11,15). The maximum atomic E-state index is 11.4. The molecule has 15 heavy (non-hydrogen) atoms. The van der Waals surface area contributed by atoms with Gasteiger partial charge >= 0.3 is 0 Å². The minimum absolute atomic E-state index is 0.317. The van der Waals surface area contributed by atoms with Gasteiger partial charge in [-0.2, -0.15) is 0 Å². The quantitative estimate of drug-likeness (QED) is 0.708. The molecule has 0 spiro atoms. The second kappa shape index (κ2) is 3.66. The molecule has 1 heterocycles. The van der Waals surface area contributed by atoms with Gasteiger partial charge in [-0.25, -0.2) is 4.98 Å². The Morgan fingerprint density at radius 1 is 1.73 bits per heavy atom. The fourth-order valence-electron chi connectivity index (χ4n) is 1.62. The zero-order valence-corrected chi connectivity index (χ0v) is 8.81. The lowest BCUT2D eigenvalue weighted by Crippen LogP contribution is -2.56. The van der Waals surface area contributed by atoms with E-state index in [4.69, 9.17) is 5.73 Å². The van der Waals surface area contributed by atoms with Crippen LogP contribution in [0.15, 0.2) is 18.7 Å². The average molecular weight is 208 g/mol. The Labute approximate surface area is 88.7 Å². The third-order valence-corrected chi connectivity index (χ3v) is 2.70. The Kier molecular flexibility index (Phi) is 2.48. The first kappa shape index (κ1) is 10.2. The first-order chi connectivity index (χ1) is 7.10. The Morgan fingerprint density at radius 3 is 2.93 bits per heavy atom. The number of nitrogens with zero attached hydrogens (tertiary/aromatic N) is 2. The minimum atomic E-state index is -0.679. The molecule has 1 aromatic heterocycles. The summed E-state index contributed by atoms with van der Waals surface area (Å²) in [6.45, 7) is 2.37. The highest BCUT2D eigenvalue weighted by molar-refractivity contribution is 5.84. The van der Waals surface area contributed by atoms with Crippen LogP contribution in [0.3, 0.4) is 0 Å². The molecular formula is C10H16N4O. The summed E-state index contributed by atoms with van der Waals surface area (Å²) < 4.78 is 1.86. The first-order valence-electron chi connectivity index (χ1n) is 5.13. The first-order valence-corrected chi connectivity index (χ1v) is 5.13. The van der Waals surface area contributed by atoms with E-state index in [0.29, 0.717) is 12.6 Å². The number of primary amides is 1. The van der Waals surface area contributed by atoms with Gasteiger partial charge in [0.15, 0.2) is 0 Å². The topological polar surface area (TPSA) is 72.9 Å². The van der Waals surface area contributed by atoms with Crippen LogP contribution in [0.25, 0.3) is 0 Å². The summed E-state index contributed by atoms with van der Waals surface area (Å²) in [5, 5.41) is 3.28. The summed E-state index contributed by atoms with van der Waals surface area (Å²) in [6, 6.07) is 0.450. The highest BCUT2D eigenvalue weighted by Crippen LogP contribution is 2.23. The maximum absolute atomic E-state index is 11.4. The van der Waals surface area contributed by atoms with Crippen LogP contribution in [0.2, 0.25) is 0 Å². The van der Waals surface area contributed by atoms with E-state index in [1.54, 1.807) is 12.5 Å². The molecule has 1 atom stereocenters. The molecule has 0 radical (unpaired) electrons. The molecule has 3 N–H and O–H groups in total. The monoisotopic (exact) mass is 208 g/mol. The average Bonchev–Trinajstić information content (AvgIpc) is 2.80. The number of nitrogens with two attached hydrogens (primary N) is 1. The van der Waals surface area contributed by atoms with E-state index in [-0.39, 0.29) is 5.91 Å². The maximum Gasteiger partial charge on any atom is 0.239 e. The Morgan fingerprint density at radius 2 is 2.47 bits per heavy atom. The van der Waals surface area contributed by atoms with Crippen molar-refractivity contribution in [2.75, 3.05) is 0 Å². The number of nitrogens with one attached hydrogen (secondary N) is 1. The van der Waals surface area contributed by atoms with Crippen molar-refractivity contribution in [3.05, 3.63) is 18.7 Å². The lowest BCUT2D eigenvalue weighted by molar-refractivity contribution is -0.124. The Hall–Kier alpha value is -1.36. The van der Waals surface area contributed by atoms with Crippen LogP contribution in [0.4, 0.5) is 0 Å². The van der Waals surface area contributed by atoms with E-state index in [0.717, 1.165) is 12.8 Å². The Bertz CT molecular complexity index is 344. The molecule has 1 aliphatic carbocycles. The van der Waals surface area contributed by atoms with Gasteiger partial charge in [0.2, 0.25) is 5.91 Å². The number of rotatable bonds is 5. The van der Waals surface area contributed by atoms with Crippen molar-refractivity contribution < 1.29 is 4.79 Å². The van der Waals surface area contributed by atoms with E-state index in [1.807, 2.05) is 17.7 Å². The SMILES string of the molecule is CC(Cn1ccnc1)(NC1CC1)C(N)=O. The molecule has 1 amide bonds. The molecule has 0 aromatic carbocycles. The summed E-state index contributed by atoms with van der Waals surface area (Å²) >= 11 is 0. The van der Waals surface area contributed by atoms with Gasteiger partial charge in [-0.1, -0.05) is 0 Å². The molecule has 5 heteroatoms. The van der Waals surface area contributed by atoms with Gasteiger partial charge in [0.25, 0.3) is 0 Å². The number of imidazole rings is 1. The van der Waals surface area contributed by atoms with Gasteiger partial charge in [-0.3, -0.25) is 10.1 Å². The second-order valence-electron chi connectivity index (χ2n) is 4.35. The summed E-state index contributed by atoms with van der Waals surface area (Å²) in [4.78, 5) is 15.4.